The number of allylic oxidation sites excluding steroid dienone is 1. The van der Waals surface area contributed by atoms with E-state index in [0.717, 1.165) is 46.0 Å². The Balaban J connectivity index is 1.26. The molecule has 3 N–H and O–H groups in total. The van der Waals surface area contributed by atoms with Gasteiger partial charge in [-0.3, -0.25) is 4.79 Å². The predicted octanol–water partition coefficient (Wildman–Crippen LogP) is 4.25. The normalized spacial score (nSPS) is 15.1. The molecule has 2 aliphatic carbocycles. The van der Waals surface area contributed by atoms with Gasteiger partial charge in [0.25, 0.3) is 0 Å². The molecule has 2 heterocycles. The van der Waals surface area contributed by atoms with Crippen LogP contribution in [0.1, 0.15) is 40.2 Å². The van der Waals surface area contributed by atoms with E-state index < -0.39 is 0 Å². The first kappa shape index (κ1) is 18.9. The fraction of sp³-hybridized carbons (Fsp3) is 0.240. The lowest BCUT2D eigenvalue weighted by atomic mass is 10.0. The van der Waals surface area contributed by atoms with E-state index in [9.17, 15) is 4.79 Å². The van der Waals surface area contributed by atoms with Gasteiger partial charge >= 0.3 is 0 Å². The number of nitrogen functional groups attached to an aromatic ring is 1. The standard InChI is InChI=1S/C25H23N5O2/c1-14-28-22-7-5-19(11-23(22)29-14)30-25(26)21(12-27-30)24(31)18-8-16-4-6-20(10-17(16)9-18)32-13-15-2-3-15/h4-7,9-12,15H,2-3,8,13,26H2,1H3,(H,28,29). The minimum atomic E-state index is -0.0936. The van der Waals surface area contributed by atoms with E-state index in [2.05, 4.69) is 15.1 Å². The van der Waals surface area contributed by atoms with Crippen LogP contribution in [0.2, 0.25) is 0 Å². The molecule has 2 aromatic carbocycles. The molecule has 1 fully saturated rings. The van der Waals surface area contributed by atoms with Crippen molar-refractivity contribution in [3.05, 3.63) is 70.7 Å². The van der Waals surface area contributed by atoms with Crippen LogP contribution < -0.4 is 10.5 Å². The molecule has 7 heteroatoms. The van der Waals surface area contributed by atoms with Crippen LogP contribution in [-0.2, 0) is 6.42 Å². The van der Waals surface area contributed by atoms with Gasteiger partial charge < -0.3 is 15.5 Å². The van der Waals surface area contributed by atoms with E-state index >= 15 is 0 Å². The van der Waals surface area contributed by atoms with Crippen LogP contribution in [0.5, 0.6) is 5.75 Å². The predicted molar refractivity (Wildman–Crippen MR) is 123 cm³/mol. The molecule has 0 aliphatic heterocycles. The Morgan fingerprint density at radius 3 is 2.97 bits per heavy atom. The first-order valence-corrected chi connectivity index (χ1v) is 10.9. The zero-order valence-electron chi connectivity index (χ0n) is 17.8. The lowest BCUT2D eigenvalue weighted by Gasteiger charge is -2.07. The monoisotopic (exact) mass is 425 g/mol. The number of nitrogens with zero attached hydrogens (tertiary/aromatic N) is 3. The molecule has 0 amide bonds. The molecule has 0 spiro atoms. The summed E-state index contributed by atoms with van der Waals surface area (Å²) >= 11 is 0. The average molecular weight is 425 g/mol. The number of ketones is 1. The Bertz CT molecular complexity index is 1410. The van der Waals surface area contributed by atoms with Gasteiger partial charge in [-0.15, -0.1) is 0 Å². The van der Waals surface area contributed by atoms with Crippen molar-refractivity contribution < 1.29 is 9.53 Å². The van der Waals surface area contributed by atoms with Crippen LogP contribution in [0.4, 0.5) is 5.82 Å². The molecule has 0 radical (unpaired) electrons. The summed E-state index contributed by atoms with van der Waals surface area (Å²) in [5.41, 5.74) is 12.2. The second-order valence-electron chi connectivity index (χ2n) is 8.67. The first-order chi connectivity index (χ1) is 15.5. The summed E-state index contributed by atoms with van der Waals surface area (Å²) in [5, 5.41) is 4.39. The number of hydrogen-bond acceptors (Lipinski definition) is 5. The topological polar surface area (TPSA) is 98.8 Å². The maximum atomic E-state index is 13.3. The molecule has 2 aliphatic rings. The molecule has 4 aromatic rings. The van der Waals surface area contributed by atoms with Crippen molar-refractivity contribution in [3.8, 4) is 11.4 Å². The van der Waals surface area contributed by atoms with E-state index in [4.69, 9.17) is 10.5 Å². The fourth-order valence-corrected chi connectivity index (χ4v) is 4.21. The van der Waals surface area contributed by atoms with Crippen molar-refractivity contribution in [2.24, 2.45) is 5.92 Å². The number of ether oxygens (including phenoxy) is 1. The van der Waals surface area contributed by atoms with Gasteiger partial charge in [-0.2, -0.15) is 5.10 Å². The first-order valence-electron chi connectivity index (χ1n) is 10.9. The summed E-state index contributed by atoms with van der Waals surface area (Å²) in [6, 6.07) is 11.8. The van der Waals surface area contributed by atoms with Gasteiger partial charge in [0, 0.05) is 12.0 Å². The summed E-state index contributed by atoms with van der Waals surface area (Å²) < 4.78 is 7.48. The molecule has 1 saturated carbocycles. The van der Waals surface area contributed by atoms with Crippen molar-refractivity contribution in [2.45, 2.75) is 26.2 Å². The third kappa shape index (κ3) is 3.26. The molecular formula is C25H23N5O2. The zero-order chi connectivity index (χ0) is 21.8. The van der Waals surface area contributed by atoms with Crippen molar-refractivity contribution in [3.63, 3.8) is 0 Å². The lowest BCUT2D eigenvalue weighted by Crippen LogP contribution is -2.08. The van der Waals surface area contributed by atoms with Gasteiger partial charge in [0.05, 0.1) is 35.1 Å². The average Bonchev–Trinajstić information content (AvgIpc) is 3.21. The molecule has 7 nitrogen and oxygen atoms in total. The van der Waals surface area contributed by atoms with Crippen molar-refractivity contribution in [1.82, 2.24) is 19.7 Å². The third-order valence-electron chi connectivity index (χ3n) is 6.18. The highest BCUT2D eigenvalue weighted by Gasteiger charge is 2.25. The van der Waals surface area contributed by atoms with Gasteiger partial charge in [0.1, 0.15) is 17.4 Å². The molecule has 0 saturated heterocycles. The summed E-state index contributed by atoms with van der Waals surface area (Å²) in [6.07, 6.45) is 6.59. The summed E-state index contributed by atoms with van der Waals surface area (Å²) in [4.78, 5) is 20.9. The SMILES string of the molecule is Cc1nc2ccc(-n3ncc(C(=O)C4=Cc5cc(OCC6CC6)ccc5C4)c3N)cc2[nH]1. The fourth-order valence-electron chi connectivity index (χ4n) is 4.21. The molecular weight excluding hydrogens is 402 g/mol. The molecule has 0 atom stereocenters. The number of anilines is 1. The highest BCUT2D eigenvalue weighted by atomic mass is 16.5. The van der Waals surface area contributed by atoms with Crippen molar-refractivity contribution >= 4 is 28.7 Å². The maximum absolute atomic E-state index is 13.3. The summed E-state index contributed by atoms with van der Waals surface area (Å²) in [7, 11) is 0. The number of H-pyrrole nitrogens is 1. The highest BCUT2D eigenvalue weighted by Crippen LogP contribution is 2.33. The number of nitrogens with two attached hydrogens (primary N) is 1. The molecule has 0 unspecified atom stereocenters. The zero-order valence-corrected chi connectivity index (χ0v) is 17.8. The highest BCUT2D eigenvalue weighted by molar-refractivity contribution is 6.15. The number of rotatable bonds is 6. The summed E-state index contributed by atoms with van der Waals surface area (Å²) in [6.45, 7) is 2.68. The Hall–Kier alpha value is -3.87. The Morgan fingerprint density at radius 2 is 2.12 bits per heavy atom. The van der Waals surface area contributed by atoms with Gasteiger partial charge in [-0.1, -0.05) is 6.07 Å². The molecule has 160 valence electrons. The van der Waals surface area contributed by atoms with Gasteiger partial charge in [0.2, 0.25) is 0 Å². The van der Waals surface area contributed by atoms with E-state index in [0.29, 0.717) is 29.3 Å². The maximum Gasteiger partial charge on any atom is 0.194 e. The minimum Gasteiger partial charge on any atom is -0.493 e. The van der Waals surface area contributed by atoms with Crippen LogP contribution in [0.3, 0.4) is 0 Å². The molecule has 32 heavy (non-hydrogen) atoms. The quantitative estimate of drug-likeness (QED) is 0.450. The second kappa shape index (κ2) is 7.09. The number of carbonyl (C=O) groups excluding carboxylic acids is 1. The largest absolute Gasteiger partial charge is 0.493 e. The molecule has 2 aromatic heterocycles. The number of aryl methyl sites for hydroxylation is 1. The van der Waals surface area contributed by atoms with E-state index in [1.54, 1.807) is 10.9 Å². The third-order valence-corrected chi connectivity index (χ3v) is 6.18. The number of aromatic amines is 1. The lowest BCUT2D eigenvalue weighted by molar-refractivity contribution is 0.103. The number of carbonyl (C=O) groups is 1. The second-order valence-corrected chi connectivity index (χ2v) is 8.67. The van der Waals surface area contributed by atoms with E-state index in [1.807, 2.05) is 49.4 Å². The molecule has 6 rings (SSSR count). The van der Waals surface area contributed by atoms with Crippen LogP contribution in [0, 0.1) is 12.8 Å². The Morgan fingerprint density at radius 1 is 1.25 bits per heavy atom. The summed E-state index contributed by atoms with van der Waals surface area (Å²) in [5.74, 6) is 2.64. The van der Waals surface area contributed by atoms with Gasteiger partial charge in [-0.05, 0) is 73.2 Å². The van der Waals surface area contributed by atoms with Crippen LogP contribution in [0.25, 0.3) is 22.8 Å². The minimum absolute atomic E-state index is 0.0936. The number of imidazole rings is 1. The van der Waals surface area contributed by atoms with E-state index in [1.165, 1.54) is 12.8 Å². The number of aromatic nitrogens is 4. The van der Waals surface area contributed by atoms with Crippen LogP contribution in [0.15, 0.2) is 48.2 Å². The Labute approximate surface area is 184 Å². The van der Waals surface area contributed by atoms with Crippen molar-refractivity contribution in [1.29, 1.82) is 0 Å². The van der Waals surface area contributed by atoms with Crippen molar-refractivity contribution in [2.75, 3.05) is 12.3 Å². The van der Waals surface area contributed by atoms with Crippen LogP contribution >= 0.6 is 0 Å². The number of nitrogens with one attached hydrogen (secondary N) is 1. The van der Waals surface area contributed by atoms with Gasteiger partial charge in [-0.25, -0.2) is 9.67 Å². The Kier molecular flexibility index (Phi) is 4.18. The number of benzene rings is 2. The van der Waals surface area contributed by atoms with Gasteiger partial charge in [0.15, 0.2) is 5.78 Å². The van der Waals surface area contributed by atoms with E-state index in [-0.39, 0.29) is 5.78 Å². The smallest absolute Gasteiger partial charge is 0.194 e. The van der Waals surface area contributed by atoms with Crippen LogP contribution in [-0.4, -0.2) is 32.1 Å². The number of hydrogen-bond donors (Lipinski definition) is 2. The molecule has 0 bridgehead atoms. The number of fused-ring (bicyclic) bond motifs is 2. The number of Topliss-reactive ketones (excluding diaryl/α,β-unsaturated/α-hetero) is 1.